The molecule has 0 bridgehead atoms. The predicted molar refractivity (Wildman–Crippen MR) is 110 cm³/mol. The fraction of sp³-hybridized carbons (Fsp3) is 0.450. The Bertz CT molecular complexity index is 871. The lowest BCUT2D eigenvalue weighted by Crippen LogP contribution is -2.48. The molecule has 0 saturated carbocycles. The van der Waals surface area contributed by atoms with Crippen LogP contribution >= 0.6 is 15.9 Å². The van der Waals surface area contributed by atoms with Crippen molar-refractivity contribution in [2.24, 2.45) is 0 Å². The number of piperidine rings is 1. The largest absolute Gasteiger partial charge is 0.353 e. The van der Waals surface area contributed by atoms with Gasteiger partial charge < -0.3 is 10.2 Å². The Kier molecular flexibility index (Phi) is 5.69. The molecular formula is C20H25BrN4O2. The molecule has 2 N–H and O–H groups in total. The van der Waals surface area contributed by atoms with Gasteiger partial charge in [-0.1, -0.05) is 32.9 Å². The summed E-state index contributed by atoms with van der Waals surface area (Å²) in [7, 11) is 0. The summed E-state index contributed by atoms with van der Waals surface area (Å²) in [5.41, 5.74) is 1.69. The first-order chi connectivity index (χ1) is 12.7. The molecule has 3 rings (SSSR count). The fourth-order valence-corrected chi connectivity index (χ4v) is 3.52. The van der Waals surface area contributed by atoms with Gasteiger partial charge in [-0.2, -0.15) is 5.10 Å². The van der Waals surface area contributed by atoms with Crippen molar-refractivity contribution >= 4 is 27.7 Å². The second-order valence-corrected chi connectivity index (χ2v) is 8.84. The van der Waals surface area contributed by atoms with Gasteiger partial charge in [0.1, 0.15) is 5.82 Å². The van der Waals surface area contributed by atoms with E-state index in [1.807, 2.05) is 24.3 Å². The minimum atomic E-state index is -0.251. The molecule has 1 aliphatic heterocycles. The normalized spacial score (nSPS) is 17.6. The van der Waals surface area contributed by atoms with Crippen LogP contribution in [0.25, 0.3) is 0 Å². The van der Waals surface area contributed by atoms with E-state index in [9.17, 15) is 9.59 Å². The number of hydrogen-bond donors (Lipinski definition) is 2. The van der Waals surface area contributed by atoms with Crippen LogP contribution in [0.4, 0.5) is 5.82 Å². The van der Waals surface area contributed by atoms with Crippen molar-refractivity contribution in [3.8, 4) is 0 Å². The van der Waals surface area contributed by atoms with Crippen molar-refractivity contribution in [1.29, 1.82) is 0 Å². The molecule has 1 saturated heterocycles. The van der Waals surface area contributed by atoms with E-state index in [2.05, 4.69) is 57.1 Å². The number of carbonyl (C=O) groups excluding carboxylic acids is 1. The van der Waals surface area contributed by atoms with Gasteiger partial charge in [0.25, 0.3) is 11.5 Å². The quantitative estimate of drug-likeness (QED) is 0.779. The number of nitrogens with zero attached hydrogens (tertiary/aromatic N) is 2. The minimum Gasteiger partial charge on any atom is -0.353 e. The van der Waals surface area contributed by atoms with E-state index in [0.717, 1.165) is 19.4 Å². The topological polar surface area (TPSA) is 78.1 Å². The van der Waals surface area contributed by atoms with E-state index in [-0.39, 0.29) is 22.9 Å². The highest BCUT2D eigenvalue weighted by Gasteiger charge is 2.23. The van der Waals surface area contributed by atoms with E-state index in [0.29, 0.717) is 22.4 Å². The van der Waals surface area contributed by atoms with Gasteiger partial charge in [0.05, 0.1) is 4.47 Å². The maximum atomic E-state index is 12.6. The molecular weight excluding hydrogens is 408 g/mol. The molecule has 6 nitrogen and oxygen atoms in total. The fourth-order valence-electron chi connectivity index (χ4n) is 3.23. The van der Waals surface area contributed by atoms with Crippen LogP contribution in [0.15, 0.2) is 39.6 Å². The van der Waals surface area contributed by atoms with Crippen LogP contribution in [0.5, 0.6) is 0 Å². The highest BCUT2D eigenvalue weighted by molar-refractivity contribution is 9.10. The Morgan fingerprint density at radius 1 is 1.30 bits per heavy atom. The second kappa shape index (κ2) is 7.84. The Morgan fingerprint density at radius 3 is 2.63 bits per heavy atom. The number of carbonyl (C=O) groups is 1. The van der Waals surface area contributed by atoms with Crippen LogP contribution in [-0.4, -0.2) is 35.2 Å². The molecule has 2 aromatic rings. The number of halogens is 1. The zero-order valence-corrected chi connectivity index (χ0v) is 17.5. The summed E-state index contributed by atoms with van der Waals surface area (Å²) in [6.45, 7) is 7.97. The van der Waals surface area contributed by atoms with Crippen molar-refractivity contribution in [2.75, 3.05) is 18.0 Å². The molecule has 1 amide bonds. The van der Waals surface area contributed by atoms with Crippen LogP contribution in [-0.2, 0) is 5.41 Å². The van der Waals surface area contributed by atoms with Gasteiger partial charge in [-0.05, 0) is 51.9 Å². The van der Waals surface area contributed by atoms with Gasteiger partial charge in [-0.3, -0.25) is 9.59 Å². The Balaban J connectivity index is 1.65. The third-order valence-electron chi connectivity index (χ3n) is 4.84. The monoisotopic (exact) mass is 432 g/mol. The van der Waals surface area contributed by atoms with Gasteiger partial charge in [0, 0.05) is 30.8 Å². The standard InChI is InChI=1S/C20H25BrN4O2/c1-20(2,3)14-8-6-13(7-9-14)18(26)22-15-5-4-10-25(12-15)17-11-16(21)19(27)24-23-17/h6-9,11,15H,4-5,10,12H2,1-3H3,(H,22,26)(H,24,27). The van der Waals surface area contributed by atoms with Crippen molar-refractivity contribution in [3.05, 3.63) is 56.3 Å². The molecule has 1 unspecified atom stereocenters. The number of rotatable bonds is 3. The Labute approximate surface area is 167 Å². The number of benzene rings is 1. The first-order valence-electron chi connectivity index (χ1n) is 9.15. The average Bonchev–Trinajstić information content (AvgIpc) is 2.63. The van der Waals surface area contributed by atoms with Crippen molar-refractivity contribution in [2.45, 2.75) is 45.1 Å². The molecule has 27 heavy (non-hydrogen) atoms. The summed E-state index contributed by atoms with van der Waals surface area (Å²) >= 11 is 3.24. The van der Waals surface area contributed by atoms with Gasteiger partial charge in [-0.15, -0.1) is 0 Å². The third kappa shape index (κ3) is 4.77. The van der Waals surface area contributed by atoms with Crippen LogP contribution in [0.3, 0.4) is 0 Å². The number of amides is 1. The lowest BCUT2D eigenvalue weighted by Gasteiger charge is -2.33. The molecule has 0 radical (unpaired) electrons. The number of H-pyrrole nitrogens is 1. The van der Waals surface area contributed by atoms with Gasteiger partial charge in [0.15, 0.2) is 0 Å². The summed E-state index contributed by atoms with van der Waals surface area (Å²) in [5.74, 6) is 0.646. The lowest BCUT2D eigenvalue weighted by atomic mass is 9.86. The average molecular weight is 433 g/mol. The molecule has 2 heterocycles. The molecule has 0 aliphatic carbocycles. The van der Waals surface area contributed by atoms with Crippen LogP contribution in [0, 0.1) is 0 Å². The van der Waals surface area contributed by atoms with Gasteiger partial charge in [0.2, 0.25) is 0 Å². The number of aromatic nitrogens is 2. The van der Waals surface area contributed by atoms with E-state index in [4.69, 9.17) is 0 Å². The van der Waals surface area contributed by atoms with Gasteiger partial charge in [-0.25, -0.2) is 5.10 Å². The number of aromatic amines is 1. The highest BCUT2D eigenvalue weighted by atomic mass is 79.9. The molecule has 1 atom stereocenters. The minimum absolute atomic E-state index is 0.0426. The lowest BCUT2D eigenvalue weighted by molar-refractivity contribution is 0.0933. The van der Waals surface area contributed by atoms with E-state index in [1.54, 1.807) is 6.07 Å². The maximum Gasteiger partial charge on any atom is 0.278 e. The number of anilines is 1. The smallest absolute Gasteiger partial charge is 0.278 e. The number of hydrogen-bond acceptors (Lipinski definition) is 4. The summed E-state index contributed by atoms with van der Waals surface area (Å²) < 4.78 is 0.456. The SMILES string of the molecule is CC(C)(C)c1ccc(C(=O)NC2CCCN(c3cc(Br)c(=O)[nH]n3)C2)cc1. The first-order valence-corrected chi connectivity index (χ1v) is 9.95. The Morgan fingerprint density at radius 2 is 2.00 bits per heavy atom. The number of nitrogens with one attached hydrogen (secondary N) is 2. The van der Waals surface area contributed by atoms with E-state index in [1.165, 1.54) is 5.56 Å². The summed E-state index contributed by atoms with van der Waals surface area (Å²) in [4.78, 5) is 26.2. The van der Waals surface area contributed by atoms with E-state index >= 15 is 0 Å². The van der Waals surface area contributed by atoms with Crippen LogP contribution < -0.4 is 15.8 Å². The van der Waals surface area contributed by atoms with Crippen LogP contribution in [0.2, 0.25) is 0 Å². The molecule has 0 spiro atoms. The molecule has 1 aromatic heterocycles. The van der Waals surface area contributed by atoms with Crippen molar-refractivity contribution in [3.63, 3.8) is 0 Å². The first kappa shape index (κ1) is 19.6. The predicted octanol–water partition coefficient (Wildman–Crippen LogP) is 3.23. The molecule has 144 valence electrons. The van der Waals surface area contributed by atoms with Gasteiger partial charge >= 0.3 is 0 Å². The Hall–Kier alpha value is -2.15. The summed E-state index contributed by atoms with van der Waals surface area (Å²) in [6.07, 6.45) is 1.87. The second-order valence-electron chi connectivity index (χ2n) is 7.99. The zero-order chi connectivity index (χ0) is 19.6. The highest BCUT2D eigenvalue weighted by Crippen LogP contribution is 2.23. The molecule has 7 heteroatoms. The zero-order valence-electron chi connectivity index (χ0n) is 15.9. The maximum absolute atomic E-state index is 12.6. The summed E-state index contributed by atoms with van der Waals surface area (Å²) in [5, 5.41) is 9.72. The molecule has 1 aromatic carbocycles. The summed E-state index contributed by atoms with van der Waals surface area (Å²) in [6, 6.07) is 9.57. The van der Waals surface area contributed by atoms with Crippen molar-refractivity contribution < 1.29 is 4.79 Å². The van der Waals surface area contributed by atoms with Crippen LogP contribution in [0.1, 0.15) is 49.5 Å². The van der Waals surface area contributed by atoms with Crippen molar-refractivity contribution in [1.82, 2.24) is 15.5 Å². The molecule has 1 aliphatic rings. The third-order valence-corrected chi connectivity index (χ3v) is 5.43. The molecule has 1 fully saturated rings. The van der Waals surface area contributed by atoms with E-state index < -0.39 is 0 Å².